The predicted octanol–water partition coefficient (Wildman–Crippen LogP) is 4.86. The lowest BCUT2D eigenvalue weighted by Gasteiger charge is -2.42. The minimum Gasteiger partial charge on any atom is -0.363 e. The van der Waals surface area contributed by atoms with E-state index >= 15 is 0 Å². The van der Waals surface area contributed by atoms with Crippen LogP contribution in [-0.2, 0) is 4.74 Å². The van der Waals surface area contributed by atoms with Crippen LogP contribution in [-0.4, -0.2) is 17.6 Å². The van der Waals surface area contributed by atoms with Gasteiger partial charge in [0.25, 0.3) is 0 Å². The van der Waals surface area contributed by atoms with Crippen LogP contribution in [0.3, 0.4) is 0 Å². The third kappa shape index (κ3) is 3.29. The van der Waals surface area contributed by atoms with Gasteiger partial charge < -0.3 is 4.74 Å². The van der Waals surface area contributed by atoms with Crippen LogP contribution in [0.1, 0.15) is 27.2 Å². The van der Waals surface area contributed by atoms with Crippen LogP contribution in [0.4, 0.5) is 0 Å². The molecular weight excluding hydrogens is 270 g/mol. The summed E-state index contributed by atoms with van der Waals surface area (Å²) >= 11 is 1.65. The normalized spacial score (nSPS) is 33.5. The van der Waals surface area contributed by atoms with E-state index in [4.69, 9.17) is 10.3 Å². The summed E-state index contributed by atoms with van der Waals surface area (Å²) in [6, 6.07) is 10.0. The van der Waals surface area contributed by atoms with Gasteiger partial charge in [0.05, 0.1) is 12.1 Å². The highest BCUT2D eigenvalue weighted by Crippen LogP contribution is 2.40. The van der Waals surface area contributed by atoms with Gasteiger partial charge in [0, 0.05) is 9.81 Å². The summed E-state index contributed by atoms with van der Waals surface area (Å²) in [5.41, 5.74) is 8.72. The van der Waals surface area contributed by atoms with Crippen molar-refractivity contribution in [3.63, 3.8) is 0 Å². The number of rotatable bonds is 4. The second-order valence-electron chi connectivity index (χ2n) is 5.30. The van der Waals surface area contributed by atoms with Gasteiger partial charge in [0.2, 0.25) is 0 Å². The third-order valence-corrected chi connectivity index (χ3v) is 5.29. The number of nitrogens with zero attached hydrogens (tertiary/aromatic N) is 3. The maximum atomic E-state index is 8.82. The molecule has 5 atom stereocenters. The Hall–Kier alpha value is -1.16. The Balaban J connectivity index is 2.20. The lowest BCUT2D eigenvalue weighted by Crippen LogP contribution is -2.46. The Bertz CT molecular complexity index is 475. The van der Waals surface area contributed by atoms with Crippen molar-refractivity contribution in [1.82, 2.24) is 0 Å². The van der Waals surface area contributed by atoms with Gasteiger partial charge in [-0.2, -0.15) is 0 Å². The van der Waals surface area contributed by atoms with Gasteiger partial charge in [0.15, 0.2) is 0 Å². The fraction of sp³-hybridized carbons (Fsp3) is 0.600. The molecule has 4 nitrogen and oxygen atoms in total. The SMILES string of the molecule is CCC1O[C@@H](Sc2ccccc2)[C@@H](N=[N+]=[N-])C(C)[C@@H]1C. The van der Waals surface area contributed by atoms with Crippen LogP contribution in [0.25, 0.3) is 10.4 Å². The average molecular weight is 291 g/mol. The smallest absolute Gasteiger partial charge is 0.116 e. The van der Waals surface area contributed by atoms with Gasteiger partial charge in [0.1, 0.15) is 5.44 Å². The topological polar surface area (TPSA) is 58.0 Å². The van der Waals surface area contributed by atoms with Crippen LogP contribution in [0.2, 0.25) is 0 Å². The number of hydrogen-bond donors (Lipinski definition) is 0. The van der Waals surface area contributed by atoms with E-state index in [1.54, 1.807) is 11.8 Å². The fourth-order valence-electron chi connectivity index (χ4n) is 2.69. The minimum atomic E-state index is -0.122. The van der Waals surface area contributed by atoms with Crippen LogP contribution in [0.15, 0.2) is 40.3 Å². The lowest BCUT2D eigenvalue weighted by atomic mass is 9.82. The van der Waals surface area contributed by atoms with Crippen LogP contribution in [0, 0.1) is 11.8 Å². The first-order valence-electron chi connectivity index (χ1n) is 7.08. The second-order valence-corrected chi connectivity index (χ2v) is 6.47. The third-order valence-electron chi connectivity index (χ3n) is 4.13. The molecule has 0 aromatic heterocycles. The molecule has 1 aromatic carbocycles. The molecule has 0 radical (unpaired) electrons. The molecule has 0 amide bonds. The molecule has 1 aliphatic heterocycles. The number of benzene rings is 1. The molecule has 2 rings (SSSR count). The Morgan fingerprint density at radius 1 is 1.25 bits per heavy atom. The van der Waals surface area contributed by atoms with Gasteiger partial charge in [-0.25, -0.2) is 0 Å². The summed E-state index contributed by atoms with van der Waals surface area (Å²) in [7, 11) is 0. The summed E-state index contributed by atoms with van der Waals surface area (Å²) in [5, 5.41) is 4.00. The zero-order valence-electron chi connectivity index (χ0n) is 12.1. The van der Waals surface area contributed by atoms with Crippen molar-refractivity contribution in [2.45, 2.75) is 49.7 Å². The fourth-order valence-corrected chi connectivity index (χ4v) is 3.91. The Morgan fingerprint density at radius 2 is 1.95 bits per heavy atom. The Kier molecular flexibility index (Phi) is 5.35. The first-order chi connectivity index (χ1) is 9.67. The van der Waals surface area contributed by atoms with Crippen molar-refractivity contribution in [2.75, 3.05) is 0 Å². The van der Waals surface area contributed by atoms with E-state index < -0.39 is 0 Å². The molecule has 1 aliphatic rings. The standard InChI is InChI=1S/C15H21N3OS/c1-4-13-10(2)11(3)14(17-18-16)15(19-13)20-12-8-6-5-7-9-12/h5-11,13-15H,4H2,1-3H3/t10-,11?,13?,14-,15-/m0/s1. The number of thioether (sulfide) groups is 1. The highest BCUT2D eigenvalue weighted by molar-refractivity contribution is 7.99. The molecule has 1 heterocycles. The van der Waals surface area contributed by atoms with Crippen LogP contribution >= 0.6 is 11.8 Å². The van der Waals surface area contributed by atoms with Gasteiger partial charge in [-0.3, -0.25) is 0 Å². The zero-order chi connectivity index (χ0) is 14.5. The van der Waals surface area contributed by atoms with Gasteiger partial charge in [-0.15, -0.1) is 0 Å². The van der Waals surface area contributed by atoms with Crippen molar-refractivity contribution in [1.29, 1.82) is 0 Å². The highest BCUT2D eigenvalue weighted by Gasteiger charge is 2.40. The first-order valence-corrected chi connectivity index (χ1v) is 7.96. The molecule has 0 spiro atoms. The summed E-state index contributed by atoms with van der Waals surface area (Å²) in [6.07, 6.45) is 1.22. The number of azide groups is 1. The molecule has 1 saturated heterocycles. The van der Waals surface area contributed by atoms with Gasteiger partial charge in [-0.05, 0) is 35.9 Å². The average Bonchev–Trinajstić information content (AvgIpc) is 2.47. The van der Waals surface area contributed by atoms with Gasteiger partial charge in [-0.1, -0.05) is 55.8 Å². The summed E-state index contributed by atoms with van der Waals surface area (Å²) < 4.78 is 6.19. The van der Waals surface area contributed by atoms with E-state index in [1.165, 1.54) is 0 Å². The van der Waals surface area contributed by atoms with Crippen LogP contribution < -0.4 is 0 Å². The second kappa shape index (κ2) is 7.02. The van der Waals surface area contributed by atoms with Crippen molar-refractivity contribution >= 4 is 11.8 Å². The van der Waals surface area contributed by atoms with E-state index in [2.05, 4.69) is 42.9 Å². The van der Waals surface area contributed by atoms with Crippen molar-refractivity contribution in [2.24, 2.45) is 17.0 Å². The molecule has 0 N–H and O–H groups in total. The molecule has 0 aliphatic carbocycles. The molecule has 0 saturated carbocycles. The highest BCUT2D eigenvalue weighted by atomic mass is 32.2. The van der Waals surface area contributed by atoms with E-state index in [-0.39, 0.29) is 17.6 Å². The Labute approximate surface area is 124 Å². The summed E-state index contributed by atoms with van der Waals surface area (Å²) in [5.74, 6) is 0.730. The lowest BCUT2D eigenvalue weighted by molar-refractivity contribution is -0.0753. The van der Waals surface area contributed by atoms with E-state index in [9.17, 15) is 0 Å². The Morgan fingerprint density at radius 3 is 2.55 bits per heavy atom. The molecule has 20 heavy (non-hydrogen) atoms. The number of hydrogen-bond acceptors (Lipinski definition) is 3. The van der Waals surface area contributed by atoms with Crippen molar-refractivity contribution in [3.8, 4) is 0 Å². The van der Waals surface area contributed by atoms with E-state index in [0.717, 1.165) is 11.3 Å². The summed E-state index contributed by atoms with van der Waals surface area (Å²) in [4.78, 5) is 4.16. The minimum absolute atomic E-state index is 0.107. The zero-order valence-corrected chi connectivity index (χ0v) is 13.0. The van der Waals surface area contributed by atoms with Gasteiger partial charge >= 0.3 is 0 Å². The maximum Gasteiger partial charge on any atom is 0.116 e. The van der Waals surface area contributed by atoms with E-state index in [1.807, 2.05) is 18.2 Å². The molecule has 2 unspecified atom stereocenters. The molecule has 108 valence electrons. The van der Waals surface area contributed by atoms with E-state index in [0.29, 0.717) is 11.8 Å². The molecule has 5 heteroatoms. The largest absolute Gasteiger partial charge is 0.363 e. The first kappa shape index (κ1) is 15.2. The monoisotopic (exact) mass is 291 g/mol. The quantitative estimate of drug-likeness (QED) is 0.451. The number of ether oxygens (including phenoxy) is 1. The maximum absolute atomic E-state index is 8.82. The van der Waals surface area contributed by atoms with Crippen molar-refractivity contribution in [3.05, 3.63) is 40.8 Å². The van der Waals surface area contributed by atoms with Crippen LogP contribution in [0.5, 0.6) is 0 Å². The molecular formula is C15H21N3OS. The summed E-state index contributed by atoms with van der Waals surface area (Å²) in [6.45, 7) is 6.49. The molecule has 1 fully saturated rings. The molecule has 1 aromatic rings. The van der Waals surface area contributed by atoms with Crippen molar-refractivity contribution < 1.29 is 4.74 Å². The molecule has 0 bridgehead atoms. The predicted molar refractivity (Wildman–Crippen MR) is 82.5 cm³/mol.